The average Bonchev–Trinajstić information content (AvgIpc) is 3.36. The summed E-state index contributed by atoms with van der Waals surface area (Å²) in [6, 6.07) is 21.1. The summed E-state index contributed by atoms with van der Waals surface area (Å²) in [7, 11) is 0. The Balaban J connectivity index is 1.34. The van der Waals surface area contributed by atoms with Crippen LogP contribution >= 0.6 is 11.8 Å². The van der Waals surface area contributed by atoms with Crippen molar-refractivity contribution in [3.8, 4) is 11.4 Å². The van der Waals surface area contributed by atoms with Gasteiger partial charge >= 0.3 is 0 Å². The Morgan fingerprint density at radius 3 is 2.56 bits per heavy atom. The number of hydrogen-bond donors (Lipinski definition) is 0. The molecule has 5 aromatic rings. The molecule has 0 N–H and O–H groups in total. The normalized spacial score (nSPS) is 12.1. The lowest BCUT2D eigenvalue weighted by Crippen LogP contribution is -2.27. The van der Waals surface area contributed by atoms with E-state index in [0.717, 1.165) is 23.3 Å². The van der Waals surface area contributed by atoms with E-state index in [1.807, 2.05) is 73.7 Å². The van der Waals surface area contributed by atoms with E-state index in [2.05, 4.69) is 15.1 Å². The van der Waals surface area contributed by atoms with Gasteiger partial charge < -0.3 is 4.52 Å². The number of para-hydroxylation sites is 1. The minimum absolute atomic E-state index is 0.0247. The highest BCUT2D eigenvalue weighted by molar-refractivity contribution is 7.99. The third-order valence-corrected chi connectivity index (χ3v) is 6.66. The molecule has 0 aliphatic heterocycles. The van der Waals surface area contributed by atoms with E-state index in [9.17, 15) is 4.79 Å². The predicted molar refractivity (Wildman–Crippen MR) is 133 cm³/mol. The molecule has 0 amide bonds. The Morgan fingerprint density at radius 1 is 0.971 bits per heavy atom. The molecule has 0 saturated carbocycles. The molecule has 7 nitrogen and oxygen atoms in total. The number of pyridine rings is 1. The van der Waals surface area contributed by atoms with Crippen LogP contribution in [-0.4, -0.2) is 30.4 Å². The van der Waals surface area contributed by atoms with Gasteiger partial charge in [0.05, 0.1) is 16.9 Å². The number of benzene rings is 2. The smallest absolute Gasteiger partial charge is 0.262 e. The Hall–Kier alpha value is -3.78. The Labute approximate surface area is 200 Å². The summed E-state index contributed by atoms with van der Waals surface area (Å²) < 4.78 is 7.21. The molecule has 1 unspecified atom stereocenters. The first-order chi connectivity index (χ1) is 16.7. The monoisotopic (exact) mass is 469 g/mol. The molecule has 3 heterocycles. The summed E-state index contributed by atoms with van der Waals surface area (Å²) in [6.45, 7) is 2.04. The Bertz CT molecular complexity index is 1450. The van der Waals surface area contributed by atoms with Crippen molar-refractivity contribution in [2.75, 3.05) is 5.75 Å². The van der Waals surface area contributed by atoms with E-state index in [4.69, 9.17) is 9.51 Å². The van der Waals surface area contributed by atoms with Gasteiger partial charge in [-0.15, -0.1) is 0 Å². The largest absolute Gasteiger partial charge is 0.339 e. The minimum Gasteiger partial charge on any atom is -0.339 e. The maximum Gasteiger partial charge on any atom is 0.262 e. The predicted octanol–water partition coefficient (Wildman–Crippen LogP) is 5.18. The zero-order chi connectivity index (χ0) is 23.3. The SMILES string of the molecule is CC(c1ccccc1)n1c(SCCCc2nc(-c3ccncc3)no2)nc2ccccc2c1=O. The van der Waals surface area contributed by atoms with E-state index in [-0.39, 0.29) is 11.6 Å². The van der Waals surface area contributed by atoms with Gasteiger partial charge in [-0.05, 0) is 43.2 Å². The highest BCUT2D eigenvalue weighted by Gasteiger charge is 2.18. The molecule has 0 saturated heterocycles. The van der Waals surface area contributed by atoms with Crippen molar-refractivity contribution >= 4 is 22.7 Å². The van der Waals surface area contributed by atoms with E-state index in [1.54, 1.807) is 28.7 Å². The fraction of sp³-hybridized carbons (Fsp3) is 0.192. The molecule has 8 heteroatoms. The van der Waals surface area contributed by atoms with Gasteiger partial charge in [-0.25, -0.2) is 4.98 Å². The molecule has 0 fully saturated rings. The van der Waals surface area contributed by atoms with Gasteiger partial charge in [0.15, 0.2) is 5.16 Å². The third kappa shape index (κ3) is 4.63. The van der Waals surface area contributed by atoms with Crippen molar-refractivity contribution in [3.05, 3.63) is 101 Å². The first-order valence-corrected chi connectivity index (χ1v) is 12.1. The van der Waals surface area contributed by atoms with Gasteiger partial charge in [-0.2, -0.15) is 4.98 Å². The molecule has 5 rings (SSSR count). The second-order valence-corrected chi connectivity index (χ2v) is 8.94. The van der Waals surface area contributed by atoms with Gasteiger partial charge in [0.1, 0.15) is 0 Å². The second kappa shape index (κ2) is 10.0. The number of aryl methyl sites for hydroxylation is 1. The van der Waals surface area contributed by atoms with Crippen LogP contribution in [0.1, 0.15) is 30.8 Å². The highest BCUT2D eigenvalue weighted by atomic mass is 32.2. The minimum atomic E-state index is -0.132. The van der Waals surface area contributed by atoms with Crippen molar-refractivity contribution in [1.29, 1.82) is 0 Å². The van der Waals surface area contributed by atoms with Crippen LogP contribution in [0.4, 0.5) is 0 Å². The van der Waals surface area contributed by atoms with Crippen LogP contribution in [0, 0.1) is 0 Å². The Morgan fingerprint density at radius 2 is 1.74 bits per heavy atom. The quantitative estimate of drug-likeness (QED) is 0.176. The number of aromatic nitrogens is 5. The summed E-state index contributed by atoms with van der Waals surface area (Å²) in [4.78, 5) is 26.8. The fourth-order valence-corrected chi connectivity index (χ4v) is 4.83. The number of thioether (sulfide) groups is 1. The number of nitrogens with zero attached hydrogens (tertiary/aromatic N) is 5. The summed E-state index contributed by atoms with van der Waals surface area (Å²) in [5, 5.41) is 5.40. The molecule has 1 atom stereocenters. The molecule has 0 radical (unpaired) electrons. The highest BCUT2D eigenvalue weighted by Crippen LogP contribution is 2.25. The summed E-state index contributed by atoms with van der Waals surface area (Å²) in [5.41, 5.74) is 2.63. The summed E-state index contributed by atoms with van der Waals surface area (Å²) in [6.07, 6.45) is 4.87. The van der Waals surface area contributed by atoms with Crippen molar-refractivity contribution in [3.63, 3.8) is 0 Å². The molecular weight excluding hydrogens is 446 g/mol. The Kier molecular flexibility index (Phi) is 6.49. The van der Waals surface area contributed by atoms with Crippen LogP contribution in [0.3, 0.4) is 0 Å². The lowest BCUT2D eigenvalue weighted by Gasteiger charge is -2.20. The van der Waals surface area contributed by atoms with Crippen molar-refractivity contribution in [2.24, 2.45) is 0 Å². The zero-order valence-corrected chi connectivity index (χ0v) is 19.5. The van der Waals surface area contributed by atoms with Gasteiger partial charge in [0.2, 0.25) is 11.7 Å². The molecular formula is C26H23N5O2S. The molecule has 0 aliphatic rings. The van der Waals surface area contributed by atoms with Crippen LogP contribution in [0.5, 0.6) is 0 Å². The maximum absolute atomic E-state index is 13.4. The van der Waals surface area contributed by atoms with E-state index in [1.165, 1.54) is 0 Å². The van der Waals surface area contributed by atoms with Crippen LogP contribution in [0.15, 0.2) is 93.6 Å². The fourth-order valence-electron chi connectivity index (χ4n) is 3.81. The molecule has 3 aromatic heterocycles. The molecule has 0 aliphatic carbocycles. The van der Waals surface area contributed by atoms with Crippen LogP contribution in [0.25, 0.3) is 22.3 Å². The van der Waals surface area contributed by atoms with Crippen LogP contribution in [0.2, 0.25) is 0 Å². The summed E-state index contributed by atoms with van der Waals surface area (Å²) in [5.74, 6) is 1.92. The third-order valence-electron chi connectivity index (χ3n) is 5.62. The zero-order valence-electron chi connectivity index (χ0n) is 18.7. The van der Waals surface area contributed by atoms with Crippen LogP contribution < -0.4 is 5.56 Å². The molecule has 0 spiro atoms. The van der Waals surface area contributed by atoms with Gasteiger partial charge in [0.25, 0.3) is 5.56 Å². The molecule has 2 aromatic carbocycles. The first-order valence-electron chi connectivity index (χ1n) is 11.1. The molecule has 0 bridgehead atoms. The number of rotatable bonds is 8. The van der Waals surface area contributed by atoms with Crippen molar-refractivity contribution in [2.45, 2.75) is 31.0 Å². The maximum atomic E-state index is 13.4. The second-order valence-electron chi connectivity index (χ2n) is 7.87. The van der Waals surface area contributed by atoms with Crippen LogP contribution in [-0.2, 0) is 6.42 Å². The van der Waals surface area contributed by atoms with Crippen molar-refractivity contribution < 1.29 is 4.52 Å². The van der Waals surface area contributed by atoms with Gasteiger partial charge in [0, 0.05) is 30.1 Å². The number of hydrogen-bond acceptors (Lipinski definition) is 7. The van der Waals surface area contributed by atoms with E-state index >= 15 is 0 Å². The average molecular weight is 470 g/mol. The van der Waals surface area contributed by atoms with E-state index < -0.39 is 0 Å². The first kappa shape index (κ1) is 22.0. The summed E-state index contributed by atoms with van der Waals surface area (Å²) >= 11 is 1.58. The van der Waals surface area contributed by atoms with Crippen molar-refractivity contribution in [1.82, 2.24) is 24.7 Å². The topological polar surface area (TPSA) is 86.7 Å². The lowest BCUT2D eigenvalue weighted by atomic mass is 10.1. The van der Waals surface area contributed by atoms with Gasteiger partial charge in [-0.1, -0.05) is 59.4 Å². The lowest BCUT2D eigenvalue weighted by molar-refractivity contribution is 0.378. The van der Waals surface area contributed by atoms with E-state index in [0.29, 0.717) is 34.2 Å². The van der Waals surface area contributed by atoms with Gasteiger partial charge in [-0.3, -0.25) is 14.3 Å². The number of fused-ring (bicyclic) bond motifs is 1. The molecule has 170 valence electrons. The standard InChI is InChI=1S/C26H23N5O2S/c1-18(19-8-3-2-4-9-19)31-25(32)21-10-5-6-11-22(21)28-26(31)34-17-7-12-23-29-24(30-33-23)20-13-15-27-16-14-20/h2-6,8-11,13-16,18H,7,12,17H2,1H3. The molecule has 34 heavy (non-hydrogen) atoms.